The molecule has 0 bridgehead atoms. The zero-order chi connectivity index (χ0) is 15.1. The fourth-order valence-corrected chi connectivity index (χ4v) is 2.51. The van der Waals surface area contributed by atoms with Gasteiger partial charge in [-0.05, 0) is 44.1 Å². The Kier molecular flexibility index (Phi) is 5.75. The first-order valence-electron chi connectivity index (χ1n) is 7.39. The second kappa shape index (κ2) is 7.78. The first-order valence-corrected chi connectivity index (χ1v) is 7.39. The number of esters is 1. The van der Waals surface area contributed by atoms with E-state index in [1.54, 1.807) is 24.3 Å². The van der Waals surface area contributed by atoms with Crippen molar-refractivity contribution in [2.75, 3.05) is 32.1 Å². The van der Waals surface area contributed by atoms with Crippen LogP contribution >= 0.6 is 0 Å². The van der Waals surface area contributed by atoms with Crippen molar-refractivity contribution < 1.29 is 14.3 Å². The van der Waals surface area contributed by atoms with Crippen LogP contribution in [0, 0.1) is 0 Å². The van der Waals surface area contributed by atoms with Crippen LogP contribution in [0.2, 0.25) is 0 Å². The van der Waals surface area contributed by atoms with E-state index in [0.717, 1.165) is 19.6 Å². The van der Waals surface area contributed by atoms with Crippen molar-refractivity contribution in [3.63, 3.8) is 0 Å². The average molecular weight is 290 g/mol. The largest absolute Gasteiger partial charge is 0.465 e. The summed E-state index contributed by atoms with van der Waals surface area (Å²) in [5.74, 6) is -0.429. The lowest BCUT2D eigenvalue weighted by Crippen LogP contribution is -2.32. The van der Waals surface area contributed by atoms with E-state index in [2.05, 4.69) is 15.0 Å². The molecule has 1 aliphatic heterocycles. The van der Waals surface area contributed by atoms with Crippen molar-refractivity contribution in [2.24, 2.45) is 0 Å². The third-order valence-electron chi connectivity index (χ3n) is 3.67. The minimum absolute atomic E-state index is 0.0254. The summed E-state index contributed by atoms with van der Waals surface area (Å²) in [6.45, 7) is 2.97. The van der Waals surface area contributed by atoms with Gasteiger partial charge in [-0.15, -0.1) is 0 Å². The fraction of sp³-hybridized carbons (Fsp3) is 0.500. The number of methoxy groups -OCH3 is 1. The van der Waals surface area contributed by atoms with Crippen LogP contribution in [0.4, 0.5) is 5.69 Å². The van der Waals surface area contributed by atoms with Crippen LogP contribution in [0.25, 0.3) is 0 Å². The molecule has 1 aromatic rings. The summed E-state index contributed by atoms with van der Waals surface area (Å²) >= 11 is 0. The predicted molar refractivity (Wildman–Crippen MR) is 81.3 cm³/mol. The van der Waals surface area contributed by atoms with E-state index in [1.165, 1.54) is 26.4 Å². The molecule has 0 spiro atoms. The van der Waals surface area contributed by atoms with Gasteiger partial charge in [0.15, 0.2) is 0 Å². The van der Waals surface area contributed by atoms with Gasteiger partial charge < -0.3 is 15.0 Å². The molecule has 5 nitrogen and oxygen atoms in total. The van der Waals surface area contributed by atoms with E-state index in [-0.39, 0.29) is 5.91 Å². The Morgan fingerprint density at radius 2 is 2.00 bits per heavy atom. The minimum atomic E-state index is -0.403. The number of rotatable bonds is 5. The highest BCUT2D eigenvalue weighted by Gasteiger charge is 2.12. The van der Waals surface area contributed by atoms with Crippen molar-refractivity contribution in [3.8, 4) is 0 Å². The number of nitrogens with zero attached hydrogens (tertiary/aromatic N) is 1. The molecule has 1 saturated heterocycles. The summed E-state index contributed by atoms with van der Waals surface area (Å²) in [5, 5.41) is 2.83. The third-order valence-corrected chi connectivity index (χ3v) is 3.67. The smallest absolute Gasteiger partial charge is 0.337 e. The third kappa shape index (κ3) is 4.86. The molecule has 114 valence electrons. The Balaban J connectivity index is 1.83. The predicted octanol–water partition coefficient (Wildman–Crippen LogP) is 2.29. The molecule has 1 fully saturated rings. The van der Waals surface area contributed by atoms with Crippen molar-refractivity contribution in [1.29, 1.82) is 0 Å². The number of anilines is 1. The highest BCUT2D eigenvalue weighted by molar-refractivity contribution is 5.94. The van der Waals surface area contributed by atoms with E-state index in [4.69, 9.17) is 0 Å². The van der Waals surface area contributed by atoms with Gasteiger partial charge in [0.2, 0.25) is 5.91 Å². The second-order valence-electron chi connectivity index (χ2n) is 5.27. The van der Waals surface area contributed by atoms with E-state index in [0.29, 0.717) is 17.7 Å². The Hall–Kier alpha value is -1.88. The van der Waals surface area contributed by atoms with Crippen molar-refractivity contribution in [3.05, 3.63) is 29.8 Å². The van der Waals surface area contributed by atoms with E-state index in [9.17, 15) is 9.59 Å². The van der Waals surface area contributed by atoms with Gasteiger partial charge in [-0.25, -0.2) is 4.79 Å². The minimum Gasteiger partial charge on any atom is -0.465 e. The van der Waals surface area contributed by atoms with Gasteiger partial charge in [0.05, 0.1) is 12.7 Å². The molecular formula is C16H22N2O3. The topological polar surface area (TPSA) is 58.6 Å². The number of hydrogen-bond donors (Lipinski definition) is 1. The maximum Gasteiger partial charge on any atom is 0.337 e. The number of carbonyl (C=O) groups is 2. The summed E-state index contributed by atoms with van der Waals surface area (Å²) in [4.78, 5) is 25.7. The number of benzene rings is 1. The van der Waals surface area contributed by atoms with Gasteiger partial charge in [-0.1, -0.05) is 12.5 Å². The normalized spacial score (nSPS) is 15.5. The number of carbonyl (C=O) groups excluding carboxylic acids is 2. The van der Waals surface area contributed by atoms with E-state index >= 15 is 0 Å². The van der Waals surface area contributed by atoms with Gasteiger partial charge in [-0.2, -0.15) is 0 Å². The van der Waals surface area contributed by atoms with Gasteiger partial charge in [0.1, 0.15) is 0 Å². The van der Waals surface area contributed by atoms with Crippen molar-refractivity contribution in [2.45, 2.75) is 25.7 Å². The fourth-order valence-electron chi connectivity index (χ4n) is 2.51. The number of likely N-dealkylation sites (tertiary alicyclic amines) is 1. The maximum absolute atomic E-state index is 12.0. The molecule has 0 aliphatic carbocycles. The molecule has 0 saturated carbocycles. The molecule has 0 radical (unpaired) electrons. The van der Waals surface area contributed by atoms with Crippen LogP contribution in [0.5, 0.6) is 0 Å². The summed E-state index contributed by atoms with van der Waals surface area (Å²) in [6, 6.07) is 6.79. The zero-order valence-electron chi connectivity index (χ0n) is 12.4. The van der Waals surface area contributed by atoms with Crippen LogP contribution in [0.1, 0.15) is 36.0 Å². The first-order chi connectivity index (χ1) is 10.2. The molecule has 1 heterocycles. The lowest BCUT2D eigenvalue weighted by atomic mass is 10.1. The molecule has 2 rings (SSSR count). The summed E-state index contributed by atoms with van der Waals surface area (Å²) < 4.78 is 4.66. The highest BCUT2D eigenvalue weighted by Crippen LogP contribution is 2.13. The molecule has 1 N–H and O–H groups in total. The average Bonchev–Trinajstić information content (AvgIpc) is 2.53. The van der Waals surface area contributed by atoms with Crippen LogP contribution < -0.4 is 5.32 Å². The first kappa shape index (κ1) is 15.5. The maximum atomic E-state index is 12.0. The molecule has 5 heteroatoms. The molecule has 1 amide bonds. The number of hydrogen-bond acceptors (Lipinski definition) is 4. The molecule has 1 aliphatic rings. The Labute approximate surface area is 125 Å². The van der Waals surface area contributed by atoms with E-state index < -0.39 is 5.97 Å². The van der Waals surface area contributed by atoms with E-state index in [1.807, 2.05) is 0 Å². The van der Waals surface area contributed by atoms with Crippen LogP contribution in [-0.2, 0) is 9.53 Å². The number of amides is 1. The van der Waals surface area contributed by atoms with Crippen LogP contribution in [-0.4, -0.2) is 43.5 Å². The molecule has 0 aromatic heterocycles. The summed E-state index contributed by atoms with van der Waals surface area (Å²) in [7, 11) is 1.34. The van der Waals surface area contributed by atoms with Crippen molar-refractivity contribution >= 4 is 17.6 Å². The van der Waals surface area contributed by atoms with Gasteiger partial charge in [0, 0.05) is 18.7 Å². The van der Waals surface area contributed by atoms with Crippen LogP contribution in [0.15, 0.2) is 24.3 Å². The SMILES string of the molecule is COC(=O)c1cccc(NC(=O)CCN2CCCCC2)c1. The molecule has 0 unspecified atom stereocenters. The summed E-state index contributed by atoms with van der Waals surface area (Å²) in [5.41, 5.74) is 1.06. The Morgan fingerprint density at radius 3 is 2.71 bits per heavy atom. The quantitative estimate of drug-likeness (QED) is 0.845. The lowest BCUT2D eigenvalue weighted by Gasteiger charge is -2.25. The Morgan fingerprint density at radius 1 is 1.24 bits per heavy atom. The molecular weight excluding hydrogens is 268 g/mol. The molecule has 0 atom stereocenters. The molecule has 21 heavy (non-hydrogen) atoms. The number of ether oxygens (including phenoxy) is 1. The second-order valence-corrected chi connectivity index (χ2v) is 5.27. The lowest BCUT2D eigenvalue weighted by molar-refractivity contribution is -0.116. The zero-order valence-corrected chi connectivity index (χ0v) is 12.4. The van der Waals surface area contributed by atoms with Crippen molar-refractivity contribution in [1.82, 2.24) is 4.90 Å². The number of nitrogens with one attached hydrogen (secondary N) is 1. The standard InChI is InChI=1S/C16H22N2O3/c1-21-16(20)13-6-5-7-14(12-13)17-15(19)8-11-18-9-3-2-4-10-18/h5-7,12H,2-4,8-11H2,1H3,(H,17,19). The Bertz CT molecular complexity index is 496. The number of piperidine rings is 1. The summed E-state index contributed by atoms with van der Waals surface area (Å²) in [6.07, 6.45) is 4.22. The molecule has 1 aromatic carbocycles. The van der Waals surface area contributed by atoms with Gasteiger partial charge in [-0.3, -0.25) is 4.79 Å². The van der Waals surface area contributed by atoms with Crippen LogP contribution in [0.3, 0.4) is 0 Å². The van der Waals surface area contributed by atoms with Gasteiger partial charge in [0.25, 0.3) is 0 Å². The van der Waals surface area contributed by atoms with Gasteiger partial charge >= 0.3 is 5.97 Å². The monoisotopic (exact) mass is 290 g/mol. The highest BCUT2D eigenvalue weighted by atomic mass is 16.5.